The third-order valence-electron chi connectivity index (χ3n) is 3.03. The lowest BCUT2D eigenvalue weighted by molar-refractivity contribution is -0.142. The zero-order valence-corrected chi connectivity index (χ0v) is 10.4. The van der Waals surface area contributed by atoms with Crippen molar-refractivity contribution in [1.29, 1.82) is 0 Å². The normalized spacial score (nSPS) is 22.5. The van der Waals surface area contributed by atoms with E-state index in [-0.39, 0.29) is 12.5 Å². The van der Waals surface area contributed by atoms with E-state index in [4.69, 9.17) is 9.15 Å². The summed E-state index contributed by atoms with van der Waals surface area (Å²) in [6.45, 7) is 5.24. The van der Waals surface area contributed by atoms with Crippen LogP contribution in [0.15, 0.2) is 16.5 Å². The molecule has 1 aromatic heterocycles. The van der Waals surface area contributed by atoms with Crippen molar-refractivity contribution in [2.24, 2.45) is 5.92 Å². The van der Waals surface area contributed by atoms with Crippen molar-refractivity contribution in [3.8, 4) is 0 Å². The van der Waals surface area contributed by atoms with Crippen LogP contribution in [0.5, 0.6) is 0 Å². The predicted molar refractivity (Wildman–Crippen MR) is 63.6 cm³/mol. The summed E-state index contributed by atoms with van der Waals surface area (Å²) in [5.41, 5.74) is 0. The molecule has 0 radical (unpaired) electrons. The van der Waals surface area contributed by atoms with Gasteiger partial charge in [-0.1, -0.05) is 6.92 Å². The molecule has 1 fully saturated rings. The molecule has 0 aromatic carbocycles. The minimum absolute atomic E-state index is 0.226. The van der Waals surface area contributed by atoms with Gasteiger partial charge in [-0.3, -0.25) is 10.1 Å². The lowest BCUT2D eigenvalue weighted by Crippen LogP contribution is -2.24. The number of carbonyl (C=O) groups excluding carboxylic acids is 1. The van der Waals surface area contributed by atoms with Gasteiger partial charge in [-0.25, -0.2) is 0 Å². The summed E-state index contributed by atoms with van der Waals surface area (Å²) in [6.07, 6.45) is 1.23. The molecular formula is C13H19NO3. The molecule has 94 valence electrons. The second-order valence-corrected chi connectivity index (χ2v) is 4.53. The maximum atomic E-state index is 11.1. The number of hydrogen-bond donors (Lipinski definition) is 1. The fraction of sp³-hybridized carbons (Fsp3) is 0.615. The topological polar surface area (TPSA) is 51.5 Å². The zero-order chi connectivity index (χ0) is 12.3. The molecule has 1 aliphatic rings. The molecule has 0 aliphatic heterocycles. The van der Waals surface area contributed by atoms with Gasteiger partial charge in [-0.2, -0.15) is 0 Å². The molecule has 2 atom stereocenters. The van der Waals surface area contributed by atoms with Crippen molar-refractivity contribution in [2.75, 3.05) is 13.2 Å². The van der Waals surface area contributed by atoms with Gasteiger partial charge in [0.05, 0.1) is 19.7 Å². The number of nitrogens with one attached hydrogen (secondary N) is 1. The van der Waals surface area contributed by atoms with Gasteiger partial charge in [-0.05, 0) is 31.4 Å². The van der Waals surface area contributed by atoms with E-state index in [1.54, 1.807) is 6.92 Å². The minimum Gasteiger partial charge on any atom is -0.465 e. The Bertz CT molecular complexity index is 386. The van der Waals surface area contributed by atoms with Gasteiger partial charge < -0.3 is 9.15 Å². The number of hydrogen-bond acceptors (Lipinski definition) is 4. The third kappa shape index (κ3) is 3.33. The van der Waals surface area contributed by atoms with Crippen LogP contribution in [0, 0.1) is 5.92 Å². The highest BCUT2D eigenvalue weighted by molar-refractivity contribution is 5.71. The fourth-order valence-electron chi connectivity index (χ4n) is 1.91. The molecule has 0 amide bonds. The highest BCUT2D eigenvalue weighted by Crippen LogP contribution is 2.47. The average molecular weight is 237 g/mol. The second-order valence-electron chi connectivity index (χ2n) is 4.53. The first kappa shape index (κ1) is 12.2. The van der Waals surface area contributed by atoms with E-state index in [0.717, 1.165) is 17.4 Å². The Morgan fingerprint density at radius 1 is 1.59 bits per heavy atom. The fourth-order valence-corrected chi connectivity index (χ4v) is 1.91. The van der Waals surface area contributed by atoms with Crippen molar-refractivity contribution in [2.45, 2.75) is 32.7 Å². The second kappa shape index (κ2) is 5.36. The van der Waals surface area contributed by atoms with Crippen LogP contribution in [-0.2, 0) is 16.1 Å². The summed E-state index contributed by atoms with van der Waals surface area (Å²) in [4.78, 5) is 11.1. The molecule has 1 heterocycles. The standard InChI is InChI=1S/C13H19NO3/c1-3-16-13(15)8-14-7-10-4-5-12(17-10)11-6-9(11)2/h4-5,9,11,14H,3,6-8H2,1-2H3. The summed E-state index contributed by atoms with van der Waals surface area (Å²) < 4.78 is 10.5. The minimum atomic E-state index is -0.227. The molecule has 1 saturated carbocycles. The van der Waals surface area contributed by atoms with E-state index in [9.17, 15) is 4.79 Å². The Kier molecular flexibility index (Phi) is 3.84. The van der Waals surface area contributed by atoms with Gasteiger partial charge in [0.2, 0.25) is 0 Å². The molecular weight excluding hydrogens is 218 g/mol. The predicted octanol–water partition coefficient (Wildman–Crippen LogP) is 2.06. The Balaban J connectivity index is 1.72. The number of ether oxygens (including phenoxy) is 1. The van der Waals surface area contributed by atoms with E-state index in [2.05, 4.69) is 12.2 Å². The Morgan fingerprint density at radius 3 is 3.00 bits per heavy atom. The highest BCUT2D eigenvalue weighted by atomic mass is 16.5. The van der Waals surface area contributed by atoms with Crippen LogP contribution in [0.3, 0.4) is 0 Å². The largest absolute Gasteiger partial charge is 0.465 e. The van der Waals surface area contributed by atoms with Crippen LogP contribution in [-0.4, -0.2) is 19.1 Å². The maximum Gasteiger partial charge on any atom is 0.319 e. The SMILES string of the molecule is CCOC(=O)CNCc1ccc(C2CC2C)o1. The number of carbonyl (C=O) groups is 1. The van der Waals surface area contributed by atoms with Gasteiger partial charge in [0.1, 0.15) is 11.5 Å². The summed E-state index contributed by atoms with van der Waals surface area (Å²) in [5, 5.41) is 3.00. The van der Waals surface area contributed by atoms with Gasteiger partial charge in [-0.15, -0.1) is 0 Å². The van der Waals surface area contributed by atoms with Crippen molar-refractivity contribution in [3.63, 3.8) is 0 Å². The van der Waals surface area contributed by atoms with E-state index in [1.165, 1.54) is 6.42 Å². The molecule has 1 N–H and O–H groups in total. The van der Waals surface area contributed by atoms with E-state index >= 15 is 0 Å². The number of rotatable bonds is 6. The third-order valence-corrected chi connectivity index (χ3v) is 3.03. The number of furan rings is 1. The van der Waals surface area contributed by atoms with Crippen LogP contribution < -0.4 is 5.32 Å². The lowest BCUT2D eigenvalue weighted by Gasteiger charge is -2.02. The Hall–Kier alpha value is -1.29. The molecule has 2 rings (SSSR count). The van der Waals surface area contributed by atoms with Crippen LogP contribution in [0.1, 0.15) is 37.7 Å². The molecule has 2 unspecified atom stereocenters. The first-order valence-corrected chi connectivity index (χ1v) is 6.15. The van der Waals surface area contributed by atoms with Crippen molar-refractivity contribution >= 4 is 5.97 Å². The monoisotopic (exact) mass is 237 g/mol. The Morgan fingerprint density at radius 2 is 2.35 bits per heavy atom. The van der Waals surface area contributed by atoms with Crippen LogP contribution in [0.2, 0.25) is 0 Å². The molecule has 0 saturated heterocycles. The average Bonchev–Trinajstić information content (AvgIpc) is 2.84. The summed E-state index contributed by atoms with van der Waals surface area (Å²) in [5.74, 6) is 3.08. The van der Waals surface area contributed by atoms with Crippen molar-refractivity contribution < 1.29 is 13.9 Å². The van der Waals surface area contributed by atoms with E-state index in [1.807, 2.05) is 12.1 Å². The van der Waals surface area contributed by atoms with Crippen LogP contribution in [0.4, 0.5) is 0 Å². The molecule has 4 nitrogen and oxygen atoms in total. The summed E-state index contributed by atoms with van der Waals surface area (Å²) in [7, 11) is 0. The molecule has 0 spiro atoms. The molecule has 17 heavy (non-hydrogen) atoms. The number of esters is 1. The molecule has 0 bridgehead atoms. The van der Waals surface area contributed by atoms with Crippen LogP contribution in [0.25, 0.3) is 0 Å². The quantitative estimate of drug-likeness (QED) is 0.769. The Labute approximate surface area is 101 Å². The van der Waals surface area contributed by atoms with Crippen molar-refractivity contribution in [3.05, 3.63) is 23.7 Å². The smallest absolute Gasteiger partial charge is 0.319 e. The lowest BCUT2D eigenvalue weighted by atomic mass is 10.3. The first-order valence-electron chi connectivity index (χ1n) is 6.15. The zero-order valence-electron chi connectivity index (χ0n) is 10.4. The van der Waals surface area contributed by atoms with E-state index < -0.39 is 0 Å². The molecule has 1 aromatic rings. The van der Waals surface area contributed by atoms with Gasteiger partial charge >= 0.3 is 5.97 Å². The summed E-state index contributed by atoms with van der Waals surface area (Å²) in [6, 6.07) is 4.01. The summed E-state index contributed by atoms with van der Waals surface area (Å²) >= 11 is 0. The van der Waals surface area contributed by atoms with Crippen molar-refractivity contribution in [1.82, 2.24) is 5.32 Å². The van der Waals surface area contributed by atoms with Gasteiger partial charge in [0.15, 0.2) is 0 Å². The van der Waals surface area contributed by atoms with Crippen LogP contribution >= 0.6 is 0 Å². The molecule has 4 heteroatoms. The highest BCUT2D eigenvalue weighted by Gasteiger charge is 2.36. The first-order chi connectivity index (χ1) is 8.20. The maximum absolute atomic E-state index is 11.1. The molecule has 1 aliphatic carbocycles. The van der Waals surface area contributed by atoms with Gasteiger partial charge in [0, 0.05) is 5.92 Å². The van der Waals surface area contributed by atoms with E-state index in [0.29, 0.717) is 19.1 Å². The van der Waals surface area contributed by atoms with Gasteiger partial charge in [0.25, 0.3) is 0 Å².